The van der Waals surface area contributed by atoms with Crippen molar-refractivity contribution in [3.05, 3.63) is 41.2 Å². The Balaban J connectivity index is 1.93. The molecule has 0 bridgehead atoms. The Morgan fingerprint density at radius 2 is 2.11 bits per heavy atom. The molecule has 19 heavy (non-hydrogen) atoms. The number of nitrogens with one attached hydrogen (secondary N) is 1. The van der Waals surface area contributed by atoms with E-state index in [-0.39, 0.29) is 10.8 Å². The zero-order valence-electron chi connectivity index (χ0n) is 10.2. The zero-order chi connectivity index (χ0) is 13.7. The van der Waals surface area contributed by atoms with Crippen LogP contribution in [0, 0.1) is 0 Å². The van der Waals surface area contributed by atoms with Crippen LogP contribution in [0.1, 0.15) is 10.6 Å². The molecule has 0 atom stereocenters. The topological polar surface area (TPSA) is 79.5 Å². The molecule has 0 saturated heterocycles. The lowest BCUT2D eigenvalue weighted by Gasteiger charge is -2.03. The Kier molecular flexibility index (Phi) is 4.76. The van der Waals surface area contributed by atoms with Crippen molar-refractivity contribution in [2.45, 2.75) is 17.1 Å². The molecule has 104 valence electrons. The fourth-order valence-corrected chi connectivity index (χ4v) is 4.00. The quantitative estimate of drug-likeness (QED) is 0.810. The van der Waals surface area contributed by atoms with E-state index in [1.54, 1.807) is 30.5 Å². The minimum Gasteiger partial charge on any atom is -0.469 e. The summed E-state index contributed by atoms with van der Waals surface area (Å²) in [6.07, 6.45) is 2.55. The van der Waals surface area contributed by atoms with Crippen molar-refractivity contribution in [1.82, 2.24) is 4.72 Å². The highest BCUT2D eigenvalue weighted by Gasteiger charge is 2.16. The van der Waals surface area contributed by atoms with Crippen molar-refractivity contribution in [1.29, 1.82) is 0 Å². The summed E-state index contributed by atoms with van der Waals surface area (Å²) >= 11 is 1.18. The van der Waals surface area contributed by atoms with E-state index in [2.05, 4.69) is 4.72 Å². The number of thiophene rings is 1. The van der Waals surface area contributed by atoms with Crippen molar-refractivity contribution in [3.63, 3.8) is 0 Å². The summed E-state index contributed by atoms with van der Waals surface area (Å²) in [4.78, 5) is 0.855. The van der Waals surface area contributed by atoms with Gasteiger partial charge in [0.05, 0.1) is 6.26 Å². The lowest BCUT2D eigenvalue weighted by atomic mass is 10.3. The zero-order valence-corrected chi connectivity index (χ0v) is 11.8. The van der Waals surface area contributed by atoms with Gasteiger partial charge in [0.25, 0.3) is 0 Å². The summed E-state index contributed by atoms with van der Waals surface area (Å²) in [7, 11) is -3.47. The standard InChI is InChI=1S/C12H15NO4S2/c14-8-6-11-3-4-12(18-11)19(15,16)13-7-5-10-2-1-9-17-10/h1-4,9,13-14H,5-8H2. The molecule has 0 radical (unpaired) electrons. The molecule has 0 aliphatic rings. The Morgan fingerprint density at radius 1 is 1.26 bits per heavy atom. The number of hydrogen-bond donors (Lipinski definition) is 2. The number of rotatable bonds is 7. The first-order valence-electron chi connectivity index (χ1n) is 5.83. The summed E-state index contributed by atoms with van der Waals surface area (Å²) < 4.78 is 31.9. The Morgan fingerprint density at radius 3 is 2.79 bits per heavy atom. The molecule has 0 unspecified atom stereocenters. The van der Waals surface area contributed by atoms with Crippen LogP contribution in [-0.4, -0.2) is 26.7 Å². The highest BCUT2D eigenvalue weighted by molar-refractivity contribution is 7.91. The maximum absolute atomic E-state index is 12.0. The minimum absolute atomic E-state index is 0.0198. The normalized spacial score (nSPS) is 11.8. The second kappa shape index (κ2) is 6.33. The molecular weight excluding hydrogens is 286 g/mol. The van der Waals surface area contributed by atoms with Gasteiger partial charge >= 0.3 is 0 Å². The summed E-state index contributed by atoms with van der Waals surface area (Å²) in [6.45, 7) is 0.314. The Bertz CT molecular complexity index is 601. The van der Waals surface area contributed by atoms with Crippen LogP contribution in [0.25, 0.3) is 0 Å². The first kappa shape index (κ1) is 14.3. The summed E-state index contributed by atoms with van der Waals surface area (Å²) in [5.74, 6) is 0.745. The first-order chi connectivity index (χ1) is 9.12. The Hall–Kier alpha value is -1.15. The average Bonchev–Trinajstić information content (AvgIpc) is 3.00. The predicted octanol–water partition coefficient (Wildman–Crippen LogP) is 1.40. The molecule has 2 aromatic rings. The third kappa shape index (κ3) is 3.90. The van der Waals surface area contributed by atoms with Gasteiger partial charge in [0.15, 0.2) is 0 Å². The van der Waals surface area contributed by atoms with Gasteiger partial charge in [-0.1, -0.05) is 0 Å². The SMILES string of the molecule is O=S(=O)(NCCc1ccco1)c1ccc(CCO)s1. The summed E-state index contributed by atoms with van der Waals surface area (Å²) in [5.41, 5.74) is 0. The first-order valence-corrected chi connectivity index (χ1v) is 8.13. The highest BCUT2D eigenvalue weighted by atomic mass is 32.2. The van der Waals surface area contributed by atoms with Gasteiger partial charge in [-0.25, -0.2) is 13.1 Å². The van der Waals surface area contributed by atoms with E-state index in [0.29, 0.717) is 19.4 Å². The third-order valence-corrected chi connectivity index (χ3v) is 5.60. The van der Waals surface area contributed by atoms with Crippen molar-refractivity contribution < 1.29 is 17.9 Å². The van der Waals surface area contributed by atoms with Gasteiger partial charge < -0.3 is 9.52 Å². The number of aliphatic hydroxyl groups is 1. The monoisotopic (exact) mass is 301 g/mol. The number of furan rings is 1. The second-order valence-electron chi connectivity index (χ2n) is 3.92. The fraction of sp³-hybridized carbons (Fsp3) is 0.333. The van der Waals surface area contributed by atoms with Gasteiger partial charge in [-0.2, -0.15) is 0 Å². The molecule has 2 heterocycles. The van der Waals surface area contributed by atoms with Crippen LogP contribution in [0.2, 0.25) is 0 Å². The van der Waals surface area contributed by atoms with Crippen LogP contribution in [0.5, 0.6) is 0 Å². The molecule has 2 N–H and O–H groups in total. The number of aliphatic hydroxyl groups excluding tert-OH is 1. The molecule has 2 aromatic heterocycles. The van der Waals surface area contributed by atoms with Gasteiger partial charge in [0, 0.05) is 30.9 Å². The van der Waals surface area contributed by atoms with Crippen molar-refractivity contribution >= 4 is 21.4 Å². The molecule has 5 nitrogen and oxygen atoms in total. The van der Waals surface area contributed by atoms with Crippen molar-refractivity contribution in [3.8, 4) is 0 Å². The summed E-state index contributed by atoms with van der Waals surface area (Å²) in [6, 6.07) is 6.86. The van der Waals surface area contributed by atoms with Gasteiger partial charge in [-0.15, -0.1) is 11.3 Å². The van der Waals surface area contributed by atoms with Crippen molar-refractivity contribution in [2.75, 3.05) is 13.2 Å². The largest absolute Gasteiger partial charge is 0.469 e. The average molecular weight is 301 g/mol. The second-order valence-corrected chi connectivity index (χ2v) is 7.08. The highest BCUT2D eigenvalue weighted by Crippen LogP contribution is 2.21. The molecular formula is C12H15NO4S2. The van der Waals surface area contributed by atoms with Gasteiger partial charge in [-0.3, -0.25) is 0 Å². The van der Waals surface area contributed by atoms with E-state index < -0.39 is 10.0 Å². The van der Waals surface area contributed by atoms with E-state index in [1.165, 1.54) is 11.3 Å². The number of hydrogen-bond acceptors (Lipinski definition) is 5. The van der Waals surface area contributed by atoms with Crippen LogP contribution < -0.4 is 4.72 Å². The van der Waals surface area contributed by atoms with E-state index >= 15 is 0 Å². The van der Waals surface area contributed by atoms with E-state index in [1.807, 2.05) is 0 Å². The maximum atomic E-state index is 12.0. The molecule has 2 rings (SSSR count). The van der Waals surface area contributed by atoms with Gasteiger partial charge in [0.2, 0.25) is 10.0 Å². The van der Waals surface area contributed by atoms with Crippen LogP contribution in [0.4, 0.5) is 0 Å². The summed E-state index contributed by atoms with van der Waals surface area (Å²) in [5, 5.41) is 8.81. The lowest BCUT2D eigenvalue weighted by Crippen LogP contribution is -2.25. The molecule has 7 heteroatoms. The van der Waals surface area contributed by atoms with E-state index in [4.69, 9.17) is 9.52 Å². The van der Waals surface area contributed by atoms with Crippen molar-refractivity contribution in [2.24, 2.45) is 0 Å². The predicted molar refractivity (Wildman–Crippen MR) is 72.7 cm³/mol. The molecule has 0 saturated carbocycles. The molecule has 0 amide bonds. The molecule has 0 spiro atoms. The van der Waals surface area contributed by atoms with E-state index in [0.717, 1.165) is 10.6 Å². The van der Waals surface area contributed by atoms with Gasteiger partial charge in [-0.05, 0) is 24.3 Å². The maximum Gasteiger partial charge on any atom is 0.250 e. The van der Waals surface area contributed by atoms with Crippen LogP contribution in [-0.2, 0) is 22.9 Å². The lowest BCUT2D eigenvalue weighted by molar-refractivity contribution is 0.300. The minimum atomic E-state index is -3.47. The fourth-order valence-electron chi connectivity index (χ4n) is 1.58. The van der Waals surface area contributed by atoms with Crippen LogP contribution in [0.15, 0.2) is 39.2 Å². The third-order valence-electron chi connectivity index (χ3n) is 2.50. The number of sulfonamides is 1. The smallest absolute Gasteiger partial charge is 0.250 e. The molecule has 0 aliphatic heterocycles. The van der Waals surface area contributed by atoms with Crippen LogP contribution in [0.3, 0.4) is 0 Å². The van der Waals surface area contributed by atoms with E-state index in [9.17, 15) is 8.42 Å². The van der Waals surface area contributed by atoms with Gasteiger partial charge in [0.1, 0.15) is 9.97 Å². The molecule has 0 aliphatic carbocycles. The molecule has 0 fully saturated rings. The molecule has 0 aromatic carbocycles. The Labute approximate surface area is 115 Å². The van der Waals surface area contributed by atoms with Crippen LogP contribution >= 0.6 is 11.3 Å².